The fourth-order valence-electron chi connectivity index (χ4n) is 5.38. The van der Waals surface area contributed by atoms with Gasteiger partial charge in [0.25, 0.3) is 5.91 Å². The van der Waals surface area contributed by atoms with Gasteiger partial charge in [0, 0.05) is 18.3 Å². The van der Waals surface area contributed by atoms with Crippen LogP contribution in [0.4, 0.5) is 5.69 Å². The number of nitrogens with zero attached hydrogens (tertiary/aromatic N) is 2. The number of anilines is 1. The van der Waals surface area contributed by atoms with Crippen molar-refractivity contribution in [1.82, 2.24) is 4.90 Å². The van der Waals surface area contributed by atoms with Crippen molar-refractivity contribution >= 4 is 11.6 Å². The number of carbonyl (C=O) groups is 1. The number of hydrogen-bond acceptors (Lipinski definition) is 3. The first-order valence-electron chi connectivity index (χ1n) is 10.9. The van der Waals surface area contributed by atoms with Crippen LogP contribution in [-0.4, -0.2) is 36.5 Å². The lowest BCUT2D eigenvalue weighted by Crippen LogP contribution is -2.57. The molecule has 0 unspecified atom stereocenters. The number of amides is 1. The fraction of sp³-hybridized carbons (Fsp3) is 0.542. The standard InChI is InChI=1S/C24H30N2O2/c27-23(22-10-5-15-28-22)26(20-8-2-1-3-9-20)21-16-24(17-21)11-13-25(14-12-24)18-19-6-4-7-19/h1-3,5,8-10,15,19,21H,4,6-7,11-14,16-18H2. The van der Waals surface area contributed by atoms with E-state index in [9.17, 15) is 4.79 Å². The maximum absolute atomic E-state index is 13.1. The van der Waals surface area contributed by atoms with Gasteiger partial charge in [0.05, 0.1) is 6.26 Å². The summed E-state index contributed by atoms with van der Waals surface area (Å²) in [5.74, 6) is 1.38. The molecular weight excluding hydrogens is 348 g/mol. The van der Waals surface area contributed by atoms with Crippen molar-refractivity contribution in [2.45, 2.75) is 51.0 Å². The molecule has 28 heavy (non-hydrogen) atoms. The van der Waals surface area contributed by atoms with Gasteiger partial charge in [-0.2, -0.15) is 0 Å². The normalized spacial score (nSPS) is 22.6. The number of benzene rings is 1. The molecule has 1 spiro atoms. The summed E-state index contributed by atoms with van der Waals surface area (Å²) in [6.07, 6.45) is 10.7. The Kier molecular flexibility index (Phi) is 4.75. The minimum atomic E-state index is -0.0153. The highest BCUT2D eigenvalue weighted by atomic mass is 16.3. The van der Waals surface area contributed by atoms with Crippen LogP contribution in [0.25, 0.3) is 0 Å². The zero-order valence-corrected chi connectivity index (χ0v) is 16.6. The molecule has 2 aliphatic carbocycles. The second-order valence-corrected chi connectivity index (χ2v) is 9.15. The second kappa shape index (κ2) is 7.40. The monoisotopic (exact) mass is 378 g/mol. The van der Waals surface area contributed by atoms with Crippen molar-refractivity contribution in [3.8, 4) is 0 Å². The minimum absolute atomic E-state index is 0.0153. The summed E-state index contributed by atoms with van der Waals surface area (Å²) in [7, 11) is 0. The first kappa shape index (κ1) is 18.0. The third-order valence-electron chi connectivity index (χ3n) is 7.35. The van der Waals surface area contributed by atoms with Gasteiger partial charge in [0.15, 0.2) is 5.76 Å². The van der Waals surface area contributed by atoms with Crippen LogP contribution in [-0.2, 0) is 0 Å². The van der Waals surface area contributed by atoms with Crippen molar-refractivity contribution < 1.29 is 9.21 Å². The van der Waals surface area contributed by atoms with Crippen LogP contribution >= 0.6 is 0 Å². The van der Waals surface area contributed by atoms with Gasteiger partial charge in [-0.3, -0.25) is 4.79 Å². The topological polar surface area (TPSA) is 36.7 Å². The average Bonchev–Trinajstić information content (AvgIpc) is 3.20. The van der Waals surface area contributed by atoms with E-state index in [0.717, 1.165) is 24.4 Å². The largest absolute Gasteiger partial charge is 0.459 e. The number of para-hydroxylation sites is 1. The molecule has 1 aromatic heterocycles. The Balaban J connectivity index is 1.25. The molecule has 1 aromatic carbocycles. The Hall–Kier alpha value is -2.07. The van der Waals surface area contributed by atoms with Gasteiger partial charge < -0.3 is 14.2 Å². The maximum atomic E-state index is 13.1. The molecule has 2 heterocycles. The van der Waals surface area contributed by atoms with Crippen molar-refractivity contribution in [2.75, 3.05) is 24.5 Å². The lowest BCUT2D eigenvalue weighted by molar-refractivity contribution is 0.00656. The Morgan fingerprint density at radius 1 is 1.07 bits per heavy atom. The molecule has 0 radical (unpaired) electrons. The minimum Gasteiger partial charge on any atom is -0.459 e. The number of furan rings is 1. The third kappa shape index (κ3) is 3.39. The van der Waals surface area contributed by atoms with Crippen LogP contribution < -0.4 is 4.90 Å². The van der Waals surface area contributed by atoms with Gasteiger partial charge in [-0.1, -0.05) is 24.6 Å². The van der Waals surface area contributed by atoms with Crippen molar-refractivity contribution in [2.24, 2.45) is 11.3 Å². The molecular formula is C24H30N2O2. The second-order valence-electron chi connectivity index (χ2n) is 9.15. The molecule has 4 heteroatoms. The molecule has 0 atom stereocenters. The maximum Gasteiger partial charge on any atom is 0.294 e. The quantitative estimate of drug-likeness (QED) is 0.737. The summed E-state index contributed by atoms with van der Waals surface area (Å²) in [6, 6.07) is 13.9. The zero-order chi connectivity index (χ0) is 19.0. The Morgan fingerprint density at radius 2 is 1.82 bits per heavy atom. The molecule has 0 N–H and O–H groups in total. The first-order valence-corrected chi connectivity index (χ1v) is 10.9. The fourth-order valence-corrected chi connectivity index (χ4v) is 5.38. The number of piperidine rings is 1. The van der Waals surface area contributed by atoms with E-state index in [4.69, 9.17) is 4.42 Å². The lowest BCUT2D eigenvalue weighted by Gasteiger charge is -2.55. The van der Waals surface area contributed by atoms with Gasteiger partial charge in [-0.05, 0) is 87.2 Å². The Labute approximate surface area is 167 Å². The van der Waals surface area contributed by atoms with Crippen LogP contribution in [0.3, 0.4) is 0 Å². The van der Waals surface area contributed by atoms with Crippen LogP contribution in [0.2, 0.25) is 0 Å². The molecule has 4 nitrogen and oxygen atoms in total. The van der Waals surface area contributed by atoms with Crippen LogP contribution in [0.15, 0.2) is 53.1 Å². The van der Waals surface area contributed by atoms with Gasteiger partial charge in [0.1, 0.15) is 0 Å². The van der Waals surface area contributed by atoms with E-state index in [0.29, 0.717) is 11.2 Å². The number of hydrogen-bond donors (Lipinski definition) is 0. The Bertz CT molecular complexity index is 781. The van der Waals surface area contributed by atoms with Crippen molar-refractivity contribution in [3.63, 3.8) is 0 Å². The van der Waals surface area contributed by atoms with E-state index in [1.807, 2.05) is 35.2 Å². The molecule has 1 amide bonds. The third-order valence-corrected chi connectivity index (χ3v) is 7.35. The smallest absolute Gasteiger partial charge is 0.294 e. The van der Waals surface area contributed by atoms with Crippen molar-refractivity contribution in [3.05, 3.63) is 54.5 Å². The van der Waals surface area contributed by atoms with Crippen molar-refractivity contribution in [1.29, 1.82) is 0 Å². The van der Waals surface area contributed by atoms with E-state index < -0.39 is 0 Å². The molecule has 3 fully saturated rings. The SMILES string of the molecule is O=C(c1ccco1)N(c1ccccc1)C1CC2(CCN(CC3CCC3)CC2)C1. The summed E-state index contributed by atoms with van der Waals surface area (Å²) in [5, 5.41) is 0. The molecule has 1 saturated heterocycles. The molecule has 2 saturated carbocycles. The van der Waals surface area contributed by atoms with E-state index in [1.165, 1.54) is 51.7 Å². The summed E-state index contributed by atoms with van der Waals surface area (Å²) in [6.45, 7) is 3.79. The molecule has 0 bridgehead atoms. The van der Waals surface area contributed by atoms with E-state index >= 15 is 0 Å². The lowest BCUT2D eigenvalue weighted by atomic mass is 9.59. The van der Waals surface area contributed by atoms with Gasteiger partial charge in [-0.25, -0.2) is 0 Å². The highest BCUT2D eigenvalue weighted by molar-refractivity contribution is 6.04. The summed E-state index contributed by atoms with van der Waals surface area (Å²) in [5.41, 5.74) is 1.42. The van der Waals surface area contributed by atoms with E-state index in [-0.39, 0.29) is 11.9 Å². The van der Waals surface area contributed by atoms with Crippen LogP contribution in [0.5, 0.6) is 0 Å². The number of rotatable bonds is 5. The summed E-state index contributed by atoms with van der Waals surface area (Å²) >= 11 is 0. The molecule has 1 aliphatic heterocycles. The number of carbonyl (C=O) groups excluding carboxylic acids is 1. The molecule has 148 valence electrons. The average molecular weight is 379 g/mol. The predicted octanol–water partition coefficient (Wildman–Crippen LogP) is 4.97. The predicted molar refractivity (Wildman–Crippen MR) is 110 cm³/mol. The van der Waals surface area contributed by atoms with Gasteiger partial charge in [0.2, 0.25) is 0 Å². The van der Waals surface area contributed by atoms with E-state index in [2.05, 4.69) is 4.90 Å². The molecule has 2 aromatic rings. The molecule has 5 rings (SSSR count). The van der Waals surface area contributed by atoms with Crippen LogP contribution in [0, 0.1) is 11.3 Å². The number of likely N-dealkylation sites (tertiary alicyclic amines) is 1. The van der Waals surface area contributed by atoms with Crippen LogP contribution in [0.1, 0.15) is 55.5 Å². The summed E-state index contributed by atoms with van der Waals surface area (Å²) < 4.78 is 5.42. The Morgan fingerprint density at radius 3 is 2.43 bits per heavy atom. The van der Waals surface area contributed by atoms with Gasteiger partial charge in [-0.15, -0.1) is 0 Å². The first-order chi connectivity index (χ1) is 13.7. The van der Waals surface area contributed by atoms with E-state index in [1.54, 1.807) is 18.4 Å². The highest BCUT2D eigenvalue weighted by Gasteiger charge is 2.49. The zero-order valence-electron chi connectivity index (χ0n) is 16.6. The van der Waals surface area contributed by atoms with Gasteiger partial charge >= 0.3 is 0 Å². The summed E-state index contributed by atoms with van der Waals surface area (Å²) in [4.78, 5) is 17.8. The highest BCUT2D eigenvalue weighted by Crippen LogP contribution is 2.52. The molecule has 3 aliphatic rings.